The molecule has 0 radical (unpaired) electrons. The van der Waals surface area contributed by atoms with Crippen molar-refractivity contribution in [1.82, 2.24) is 0 Å². The Morgan fingerprint density at radius 1 is 1.12 bits per heavy atom. The molecular weight excluding hydrogens is 308 g/mol. The standard InChI is InChI=1S/C22H34OSi/c1-5-24(6-2,7-3)17-16-22(15-11-12-19(4)21(22)23)18-20-13-9-8-10-14-20/h8-10,13-14,16-17,19H,5-7,11-12,15,18H2,1-4H3/b17-16+/t19-,22+/m1/s1. The summed E-state index contributed by atoms with van der Waals surface area (Å²) in [5, 5.41) is 0. The maximum atomic E-state index is 13.2. The molecule has 1 aliphatic rings. The highest BCUT2D eigenvalue weighted by Crippen LogP contribution is 2.41. The zero-order chi connectivity index (χ0) is 17.6. The first-order valence-electron chi connectivity index (χ1n) is 9.79. The molecule has 132 valence electrons. The summed E-state index contributed by atoms with van der Waals surface area (Å²) in [6.45, 7) is 9.12. The molecule has 0 bridgehead atoms. The SMILES string of the molecule is CC[Si](/C=C/[C@]1(Cc2ccccc2)CCC[C@@H](C)C1=O)(CC)CC. The van der Waals surface area contributed by atoms with Crippen LogP contribution < -0.4 is 0 Å². The van der Waals surface area contributed by atoms with Gasteiger partial charge in [-0.1, -0.05) is 94.4 Å². The number of rotatable bonds is 7. The lowest BCUT2D eigenvalue weighted by atomic mass is 9.66. The van der Waals surface area contributed by atoms with Crippen LogP contribution in [-0.2, 0) is 11.2 Å². The zero-order valence-corrected chi connectivity index (χ0v) is 17.0. The van der Waals surface area contributed by atoms with Crippen LogP contribution in [0.2, 0.25) is 18.1 Å². The van der Waals surface area contributed by atoms with Crippen molar-refractivity contribution < 1.29 is 4.79 Å². The number of hydrogen-bond donors (Lipinski definition) is 0. The van der Waals surface area contributed by atoms with Crippen molar-refractivity contribution >= 4 is 13.9 Å². The fraction of sp³-hybridized carbons (Fsp3) is 0.591. The zero-order valence-electron chi connectivity index (χ0n) is 16.0. The van der Waals surface area contributed by atoms with Crippen LogP contribution in [0.1, 0.15) is 52.5 Å². The minimum absolute atomic E-state index is 0.202. The van der Waals surface area contributed by atoms with Crippen molar-refractivity contribution in [2.75, 3.05) is 0 Å². The Labute approximate surface area is 149 Å². The van der Waals surface area contributed by atoms with Crippen molar-refractivity contribution in [3.05, 3.63) is 47.7 Å². The molecule has 24 heavy (non-hydrogen) atoms. The monoisotopic (exact) mass is 342 g/mol. The lowest BCUT2D eigenvalue weighted by Crippen LogP contribution is -2.40. The molecule has 1 saturated carbocycles. The van der Waals surface area contributed by atoms with Crippen LogP contribution in [0.3, 0.4) is 0 Å². The summed E-state index contributed by atoms with van der Waals surface area (Å²) >= 11 is 0. The first-order valence-corrected chi connectivity index (χ1v) is 12.5. The molecule has 1 nitrogen and oxygen atoms in total. The van der Waals surface area contributed by atoms with E-state index in [4.69, 9.17) is 0 Å². The first-order chi connectivity index (χ1) is 11.5. The highest BCUT2D eigenvalue weighted by molar-refractivity contribution is 6.84. The quantitative estimate of drug-likeness (QED) is 0.538. The van der Waals surface area contributed by atoms with Gasteiger partial charge >= 0.3 is 0 Å². The van der Waals surface area contributed by atoms with Gasteiger partial charge in [0.15, 0.2) is 0 Å². The predicted octanol–water partition coefficient (Wildman–Crippen LogP) is 6.21. The second-order valence-electron chi connectivity index (χ2n) is 7.73. The maximum Gasteiger partial charge on any atom is 0.145 e. The number of hydrogen-bond acceptors (Lipinski definition) is 1. The van der Waals surface area contributed by atoms with Gasteiger partial charge in [-0.05, 0) is 24.8 Å². The first kappa shape index (κ1) is 19.2. The average molecular weight is 343 g/mol. The number of benzene rings is 1. The van der Waals surface area contributed by atoms with E-state index in [0.717, 1.165) is 19.3 Å². The van der Waals surface area contributed by atoms with E-state index in [2.05, 4.69) is 69.8 Å². The van der Waals surface area contributed by atoms with E-state index in [1.54, 1.807) is 0 Å². The Morgan fingerprint density at radius 2 is 1.75 bits per heavy atom. The molecule has 1 fully saturated rings. The van der Waals surface area contributed by atoms with Crippen molar-refractivity contribution in [2.24, 2.45) is 11.3 Å². The fourth-order valence-electron chi connectivity index (χ4n) is 4.27. The Hall–Kier alpha value is -1.15. The van der Waals surface area contributed by atoms with Crippen LogP contribution in [-0.4, -0.2) is 13.9 Å². The van der Waals surface area contributed by atoms with Crippen LogP contribution in [0.5, 0.6) is 0 Å². The van der Waals surface area contributed by atoms with Crippen molar-refractivity contribution in [3.63, 3.8) is 0 Å². The van der Waals surface area contributed by atoms with Gasteiger partial charge in [0.2, 0.25) is 0 Å². The van der Waals surface area contributed by atoms with Gasteiger partial charge in [0.25, 0.3) is 0 Å². The van der Waals surface area contributed by atoms with Crippen molar-refractivity contribution in [2.45, 2.75) is 71.5 Å². The van der Waals surface area contributed by atoms with Gasteiger partial charge in [-0.15, -0.1) is 0 Å². The number of carbonyl (C=O) groups is 1. The van der Waals surface area contributed by atoms with Crippen LogP contribution in [0.25, 0.3) is 0 Å². The number of Topliss-reactive ketones (excluding diaryl/α,β-unsaturated/α-hetero) is 1. The molecule has 1 aromatic rings. The van der Waals surface area contributed by atoms with E-state index in [0.29, 0.717) is 5.78 Å². The molecule has 0 spiro atoms. The van der Waals surface area contributed by atoms with Gasteiger partial charge in [-0.25, -0.2) is 0 Å². The van der Waals surface area contributed by atoms with E-state index >= 15 is 0 Å². The molecule has 1 aromatic carbocycles. The molecule has 0 N–H and O–H groups in total. The van der Waals surface area contributed by atoms with Crippen LogP contribution in [0.4, 0.5) is 0 Å². The van der Waals surface area contributed by atoms with Gasteiger partial charge in [-0.2, -0.15) is 0 Å². The molecule has 0 saturated heterocycles. The molecule has 2 heteroatoms. The van der Waals surface area contributed by atoms with Crippen molar-refractivity contribution in [3.8, 4) is 0 Å². The maximum absolute atomic E-state index is 13.2. The van der Waals surface area contributed by atoms with Crippen molar-refractivity contribution in [1.29, 1.82) is 0 Å². The molecule has 0 heterocycles. The highest BCUT2D eigenvalue weighted by atomic mass is 28.3. The second-order valence-corrected chi connectivity index (χ2v) is 12.9. The minimum atomic E-state index is -1.35. The third kappa shape index (κ3) is 4.08. The highest BCUT2D eigenvalue weighted by Gasteiger charge is 2.41. The van der Waals surface area contributed by atoms with Gasteiger partial charge in [0.05, 0.1) is 13.5 Å². The van der Waals surface area contributed by atoms with E-state index < -0.39 is 8.07 Å². The number of ketones is 1. The Bertz CT molecular complexity index is 550. The van der Waals surface area contributed by atoms with Crippen LogP contribution >= 0.6 is 0 Å². The summed E-state index contributed by atoms with van der Waals surface area (Å²) in [7, 11) is -1.35. The fourth-order valence-corrected chi connectivity index (χ4v) is 7.15. The smallest absolute Gasteiger partial charge is 0.145 e. The summed E-state index contributed by atoms with van der Waals surface area (Å²) in [4.78, 5) is 13.2. The summed E-state index contributed by atoms with van der Waals surface area (Å²) in [5.74, 6) is 0.674. The molecule has 0 amide bonds. The average Bonchev–Trinajstić information content (AvgIpc) is 2.62. The second kappa shape index (κ2) is 8.29. The third-order valence-corrected chi connectivity index (χ3v) is 11.5. The van der Waals surface area contributed by atoms with Gasteiger partial charge in [0, 0.05) is 5.92 Å². The van der Waals surface area contributed by atoms with E-state index in [1.165, 1.54) is 30.1 Å². The summed E-state index contributed by atoms with van der Waals surface area (Å²) in [6.07, 6.45) is 6.49. The van der Waals surface area contributed by atoms with E-state index in [9.17, 15) is 4.79 Å². The van der Waals surface area contributed by atoms with Gasteiger partial charge in [0.1, 0.15) is 5.78 Å². The molecule has 0 unspecified atom stereocenters. The van der Waals surface area contributed by atoms with Crippen LogP contribution in [0.15, 0.2) is 42.1 Å². The Balaban J connectivity index is 2.38. The molecular formula is C22H34OSi. The van der Waals surface area contributed by atoms with E-state index in [1.807, 2.05) is 0 Å². The molecule has 2 rings (SSSR count). The summed E-state index contributed by atoms with van der Waals surface area (Å²) in [6, 6.07) is 14.4. The Morgan fingerprint density at radius 3 is 2.33 bits per heavy atom. The largest absolute Gasteiger partial charge is 0.298 e. The van der Waals surface area contributed by atoms with Crippen LogP contribution in [0, 0.1) is 11.3 Å². The molecule has 0 aromatic heterocycles. The topological polar surface area (TPSA) is 17.1 Å². The Kier molecular flexibility index (Phi) is 6.62. The summed E-state index contributed by atoms with van der Waals surface area (Å²) in [5.41, 5.74) is 3.56. The summed E-state index contributed by atoms with van der Waals surface area (Å²) < 4.78 is 0. The number of carbonyl (C=O) groups excluding carboxylic acids is 1. The lowest BCUT2D eigenvalue weighted by Gasteiger charge is -2.37. The minimum Gasteiger partial charge on any atom is -0.298 e. The van der Waals surface area contributed by atoms with Gasteiger partial charge < -0.3 is 0 Å². The number of allylic oxidation sites excluding steroid dienone is 1. The normalized spacial score (nSPS) is 25.3. The molecule has 1 aliphatic carbocycles. The molecule has 0 aliphatic heterocycles. The lowest BCUT2D eigenvalue weighted by molar-refractivity contribution is -0.132. The predicted molar refractivity (Wildman–Crippen MR) is 107 cm³/mol. The van der Waals surface area contributed by atoms with Gasteiger partial charge in [-0.3, -0.25) is 4.79 Å². The third-order valence-electron chi connectivity index (χ3n) is 6.43. The van der Waals surface area contributed by atoms with E-state index in [-0.39, 0.29) is 11.3 Å². The molecule has 2 atom stereocenters.